The molecule has 1 aliphatic heterocycles. The second kappa shape index (κ2) is 11.0. The molecule has 5 rings (SSSR count). The second-order valence-corrected chi connectivity index (χ2v) is 12.6. The zero-order valence-corrected chi connectivity index (χ0v) is 23.7. The van der Waals surface area contributed by atoms with Gasteiger partial charge in [0, 0.05) is 10.6 Å². The van der Waals surface area contributed by atoms with Gasteiger partial charge in [-0.1, -0.05) is 47.4 Å². The molecule has 1 aliphatic rings. The summed E-state index contributed by atoms with van der Waals surface area (Å²) in [7, 11) is 0. The number of aliphatic hydroxyl groups is 1. The fourth-order valence-corrected chi connectivity index (χ4v) is 7.19. The van der Waals surface area contributed by atoms with Gasteiger partial charge in [-0.2, -0.15) is 0 Å². The first-order chi connectivity index (χ1) is 18.3. The summed E-state index contributed by atoms with van der Waals surface area (Å²) in [6.07, 6.45) is 1.96. The maximum atomic E-state index is 13.7. The van der Waals surface area contributed by atoms with Gasteiger partial charge in [-0.25, -0.2) is 9.37 Å². The number of Topliss-reactive ketones (excluding diaryl/α,β-unsaturated/α-hetero) is 1. The molecule has 0 spiro atoms. The van der Waals surface area contributed by atoms with Crippen molar-refractivity contribution in [2.75, 3.05) is 11.2 Å². The number of benzene rings is 2. The summed E-state index contributed by atoms with van der Waals surface area (Å²) in [5, 5.41) is 20.4. The van der Waals surface area contributed by atoms with E-state index in [0.29, 0.717) is 26.2 Å². The average molecular weight is 585 g/mol. The number of aliphatic hydroxyl groups excluding tert-OH is 1. The Morgan fingerprint density at radius 1 is 1.08 bits per heavy atom. The van der Waals surface area contributed by atoms with Crippen molar-refractivity contribution in [2.24, 2.45) is 0 Å². The molecule has 0 fully saturated rings. The van der Waals surface area contributed by atoms with Crippen LogP contribution >= 0.6 is 46.2 Å². The first-order valence-electron chi connectivity index (χ1n) is 11.4. The standard InChI is InChI=1S/C26H21FN4O3S4/c1-13-23(37-14(2)28-13)21(32)19-20(16-6-10-18(35-3)11-7-16)31(24(34)22(19)33)25-29-30-26(38-25)36-12-15-4-8-17(27)9-5-15/h4-11,20,33H,12H2,1-3H3. The third kappa shape index (κ3) is 5.13. The fraction of sp³-hybridized carbons (Fsp3) is 0.192. The van der Waals surface area contributed by atoms with E-state index in [1.807, 2.05) is 30.5 Å². The Morgan fingerprint density at radius 3 is 2.42 bits per heavy atom. The minimum Gasteiger partial charge on any atom is -0.503 e. The van der Waals surface area contributed by atoms with Gasteiger partial charge in [0.25, 0.3) is 5.91 Å². The van der Waals surface area contributed by atoms with Crippen molar-refractivity contribution in [1.29, 1.82) is 0 Å². The quantitative estimate of drug-likeness (QED) is 0.142. The summed E-state index contributed by atoms with van der Waals surface area (Å²) in [5.74, 6) is -1.51. The number of hydrogen-bond acceptors (Lipinski definition) is 10. The number of thioether (sulfide) groups is 2. The highest BCUT2D eigenvalue weighted by molar-refractivity contribution is 8.00. The van der Waals surface area contributed by atoms with Crippen molar-refractivity contribution in [1.82, 2.24) is 15.2 Å². The number of aromatic nitrogens is 3. The lowest BCUT2D eigenvalue weighted by molar-refractivity contribution is -0.117. The van der Waals surface area contributed by atoms with Crippen LogP contribution in [0.2, 0.25) is 0 Å². The number of halogens is 1. The maximum Gasteiger partial charge on any atom is 0.296 e. The number of anilines is 1. The van der Waals surface area contributed by atoms with Gasteiger partial charge in [0.2, 0.25) is 10.9 Å². The van der Waals surface area contributed by atoms with Crippen molar-refractivity contribution in [3.8, 4) is 0 Å². The molecule has 0 saturated heterocycles. The van der Waals surface area contributed by atoms with Gasteiger partial charge < -0.3 is 5.11 Å². The SMILES string of the molecule is CSc1ccc(C2C(C(=O)c3sc(C)nc3C)=C(O)C(=O)N2c2nnc(SCc3ccc(F)cc3)s2)cc1. The lowest BCUT2D eigenvalue weighted by Gasteiger charge is -2.24. The molecule has 12 heteroatoms. The van der Waals surface area contributed by atoms with Crippen LogP contribution < -0.4 is 4.90 Å². The van der Waals surface area contributed by atoms with Gasteiger partial charge in [0.1, 0.15) is 5.82 Å². The molecular weight excluding hydrogens is 564 g/mol. The monoisotopic (exact) mass is 584 g/mol. The minimum atomic E-state index is -0.879. The zero-order valence-electron chi connectivity index (χ0n) is 20.5. The van der Waals surface area contributed by atoms with Gasteiger partial charge >= 0.3 is 0 Å². The van der Waals surface area contributed by atoms with E-state index in [2.05, 4.69) is 15.2 Å². The Balaban J connectivity index is 1.50. The van der Waals surface area contributed by atoms with Crippen molar-refractivity contribution in [3.63, 3.8) is 0 Å². The third-order valence-corrected chi connectivity index (χ3v) is 9.81. The molecule has 194 valence electrons. The van der Waals surface area contributed by atoms with Gasteiger partial charge in [-0.15, -0.1) is 33.3 Å². The van der Waals surface area contributed by atoms with E-state index in [4.69, 9.17) is 0 Å². The Kier molecular flexibility index (Phi) is 7.66. The molecule has 1 N–H and O–H groups in total. The first kappa shape index (κ1) is 26.5. The summed E-state index contributed by atoms with van der Waals surface area (Å²) >= 11 is 5.40. The molecule has 4 aromatic rings. The summed E-state index contributed by atoms with van der Waals surface area (Å²) in [6, 6.07) is 12.8. The number of rotatable bonds is 8. The molecule has 1 unspecified atom stereocenters. The van der Waals surface area contributed by atoms with E-state index in [1.54, 1.807) is 37.7 Å². The van der Waals surface area contributed by atoms with E-state index < -0.39 is 23.5 Å². The van der Waals surface area contributed by atoms with Gasteiger partial charge in [-0.3, -0.25) is 14.5 Å². The van der Waals surface area contributed by atoms with Crippen molar-refractivity contribution >= 4 is 63.0 Å². The van der Waals surface area contributed by atoms with Gasteiger partial charge in [0.05, 0.1) is 27.2 Å². The Morgan fingerprint density at radius 2 is 1.79 bits per heavy atom. The summed E-state index contributed by atoms with van der Waals surface area (Å²) in [4.78, 5) is 34.2. The minimum absolute atomic E-state index is 0.00522. The maximum absolute atomic E-state index is 13.7. The molecule has 2 aromatic heterocycles. The van der Waals surface area contributed by atoms with Crippen LogP contribution in [0.3, 0.4) is 0 Å². The first-order valence-corrected chi connectivity index (χ1v) is 15.2. The molecule has 38 heavy (non-hydrogen) atoms. The number of aryl methyl sites for hydroxylation is 2. The number of thiazole rings is 1. The van der Waals surface area contributed by atoms with Gasteiger partial charge in [-0.05, 0) is 55.5 Å². The summed E-state index contributed by atoms with van der Waals surface area (Å²) in [5.41, 5.74) is 2.13. The number of carbonyl (C=O) groups excluding carboxylic acids is 2. The highest BCUT2D eigenvalue weighted by atomic mass is 32.2. The molecule has 0 aliphatic carbocycles. The van der Waals surface area contributed by atoms with Crippen LogP contribution in [0.5, 0.6) is 0 Å². The predicted octanol–water partition coefficient (Wildman–Crippen LogP) is 6.55. The lowest BCUT2D eigenvalue weighted by atomic mass is 9.95. The summed E-state index contributed by atoms with van der Waals surface area (Å²) in [6.45, 7) is 3.54. The Labute approximate surface area is 234 Å². The van der Waals surface area contributed by atoms with Crippen LogP contribution in [-0.2, 0) is 10.5 Å². The highest BCUT2D eigenvalue weighted by Gasteiger charge is 2.46. The number of amides is 1. The Bertz CT molecular complexity index is 1550. The molecule has 1 amide bonds. The lowest BCUT2D eigenvalue weighted by Crippen LogP contribution is -2.31. The molecule has 0 saturated carbocycles. The smallest absolute Gasteiger partial charge is 0.296 e. The second-order valence-electron chi connectivity index (χ2n) is 8.36. The number of carbonyl (C=O) groups is 2. The topological polar surface area (TPSA) is 96.3 Å². The van der Waals surface area contributed by atoms with E-state index in [0.717, 1.165) is 15.5 Å². The highest BCUT2D eigenvalue weighted by Crippen LogP contribution is 2.44. The molecule has 3 heterocycles. The molecular formula is C26H21FN4O3S4. The number of hydrogen-bond donors (Lipinski definition) is 1. The number of ketones is 1. The van der Waals surface area contributed by atoms with Crippen molar-refractivity contribution < 1.29 is 19.1 Å². The molecule has 7 nitrogen and oxygen atoms in total. The largest absolute Gasteiger partial charge is 0.503 e. The molecule has 2 aromatic carbocycles. The van der Waals surface area contributed by atoms with Crippen molar-refractivity contribution in [2.45, 2.75) is 34.9 Å². The van der Waals surface area contributed by atoms with Crippen LogP contribution in [0.15, 0.2) is 69.1 Å². The predicted molar refractivity (Wildman–Crippen MR) is 150 cm³/mol. The van der Waals surface area contributed by atoms with Gasteiger partial charge in [0.15, 0.2) is 10.1 Å². The van der Waals surface area contributed by atoms with E-state index in [-0.39, 0.29) is 16.5 Å². The molecule has 0 radical (unpaired) electrons. The van der Waals surface area contributed by atoms with Crippen LogP contribution in [-0.4, -0.2) is 38.2 Å². The normalized spacial score (nSPS) is 15.5. The van der Waals surface area contributed by atoms with E-state index in [9.17, 15) is 19.1 Å². The zero-order chi connectivity index (χ0) is 27.0. The summed E-state index contributed by atoms with van der Waals surface area (Å²) < 4.78 is 13.8. The van der Waals surface area contributed by atoms with E-state index >= 15 is 0 Å². The van der Waals surface area contributed by atoms with Crippen LogP contribution in [0.1, 0.15) is 37.5 Å². The Hall–Kier alpha value is -3.06. The molecule has 1 atom stereocenters. The number of nitrogens with zero attached hydrogens (tertiary/aromatic N) is 4. The third-order valence-electron chi connectivity index (χ3n) is 5.87. The van der Waals surface area contributed by atoms with E-state index in [1.165, 1.54) is 51.5 Å². The van der Waals surface area contributed by atoms with Crippen LogP contribution in [0.4, 0.5) is 9.52 Å². The average Bonchev–Trinajstić information content (AvgIpc) is 3.59. The molecule has 0 bridgehead atoms. The van der Waals surface area contributed by atoms with Crippen LogP contribution in [0.25, 0.3) is 0 Å². The van der Waals surface area contributed by atoms with Crippen LogP contribution in [0, 0.1) is 19.7 Å². The fourth-order valence-electron chi connectivity index (χ4n) is 4.08. The van der Waals surface area contributed by atoms with Crippen molar-refractivity contribution in [3.05, 3.63) is 92.4 Å².